The molecule has 0 spiro atoms. The second-order valence-electron chi connectivity index (χ2n) is 6.39. The third-order valence-corrected chi connectivity index (χ3v) is 9.60. The molecule has 1 fully saturated rings. The van der Waals surface area contributed by atoms with Crippen LogP contribution >= 0.6 is 43.2 Å². The van der Waals surface area contributed by atoms with Gasteiger partial charge in [-0.3, -0.25) is 4.90 Å². The first-order valence-electron chi connectivity index (χ1n) is 8.14. The van der Waals surface area contributed by atoms with Gasteiger partial charge in [-0.15, -0.1) is 0 Å². The number of carboxylic acid groups (broad SMARTS) is 2. The Morgan fingerprint density at radius 3 is 2.00 bits per heavy atom. The summed E-state index contributed by atoms with van der Waals surface area (Å²) in [5, 5.41) is 16.4. The van der Waals surface area contributed by atoms with Crippen LogP contribution in [0.5, 0.6) is 0 Å². The van der Waals surface area contributed by atoms with Gasteiger partial charge in [0.25, 0.3) is 0 Å². The molecule has 1 saturated heterocycles. The SMILES string of the molecule is CC(C)C(SSC(=O)O)(C(C)C)C(CSSC(=O)O)N1CCOCC1. The van der Waals surface area contributed by atoms with Crippen molar-refractivity contribution in [1.82, 2.24) is 4.90 Å². The minimum Gasteiger partial charge on any atom is -0.473 e. The molecule has 0 aliphatic carbocycles. The molecule has 2 N–H and O–H groups in total. The molecule has 1 atom stereocenters. The monoisotopic (exact) mass is 429 g/mol. The maximum absolute atomic E-state index is 11.2. The highest BCUT2D eigenvalue weighted by atomic mass is 33.1. The molecular weight excluding hydrogens is 402 g/mol. The fourth-order valence-electron chi connectivity index (χ4n) is 3.35. The van der Waals surface area contributed by atoms with Gasteiger partial charge >= 0.3 is 10.6 Å². The summed E-state index contributed by atoms with van der Waals surface area (Å²) in [5.74, 6) is 1.08. The number of nitrogens with zero attached hydrogens (tertiary/aromatic N) is 1. The summed E-state index contributed by atoms with van der Waals surface area (Å²) in [6.07, 6.45) is 0. The average Bonchev–Trinajstić information content (AvgIpc) is 2.53. The number of rotatable bonds is 9. The van der Waals surface area contributed by atoms with Gasteiger partial charge in [0, 0.05) is 51.2 Å². The summed E-state index contributed by atoms with van der Waals surface area (Å²) in [6, 6.07) is 0.0603. The Kier molecular flexibility index (Phi) is 10.4. The summed E-state index contributed by atoms with van der Waals surface area (Å²) < 4.78 is 5.16. The second kappa shape index (κ2) is 11.2. The van der Waals surface area contributed by atoms with E-state index in [9.17, 15) is 14.7 Å². The average molecular weight is 430 g/mol. The predicted octanol–water partition coefficient (Wildman–Crippen LogP) is 4.86. The Morgan fingerprint density at radius 2 is 1.56 bits per heavy atom. The van der Waals surface area contributed by atoms with E-state index in [1.165, 1.54) is 21.6 Å². The van der Waals surface area contributed by atoms with Crippen molar-refractivity contribution in [1.29, 1.82) is 0 Å². The fourth-order valence-corrected chi connectivity index (χ4v) is 8.21. The Hall–Kier alpha value is 0.260. The summed E-state index contributed by atoms with van der Waals surface area (Å²) >= 11 is 0. The topological polar surface area (TPSA) is 87.1 Å². The molecule has 1 rings (SSSR count). The lowest BCUT2D eigenvalue weighted by molar-refractivity contribution is 0.00357. The van der Waals surface area contributed by atoms with Crippen LogP contribution in [0.25, 0.3) is 0 Å². The fraction of sp³-hybridized carbons (Fsp3) is 0.867. The van der Waals surface area contributed by atoms with Crippen molar-refractivity contribution in [3.8, 4) is 0 Å². The van der Waals surface area contributed by atoms with Crippen LogP contribution in [0.15, 0.2) is 0 Å². The largest absolute Gasteiger partial charge is 0.473 e. The molecule has 10 heteroatoms. The predicted molar refractivity (Wildman–Crippen MR) is 110 cm³/mol. The summed E-state index contributed by atoms with van der Waals surface area (Å²) in [4.78, 5) is 24.5. The van der Waals surface area contributed by atoms with Gasteiger partial charge in [0.2, 0.25) is 0 Å². The van der Waals surface area contributed by atoms with Gasteiger partial charge in [0.05, 0.1) is 13.2 Å². The maximum atomic E-state index is 11.2. The van der Waals surface area contributed by atoms with Crippen molar-refractivity contribution in [2.24, 2.45) is 11.8 Å². The van der Waals surface area contributed by atoms with E-state index < -0.39 is 10.6 Å². The van der Waals surface area contributed by atoms with Gasteiger partial charge in [-0.2, -0.15) is 0 Å². The summed E-state index contributed by atoms with van der Waals surface area (Å²) in [5.41, 5.74) is 0. The summed E-state index contributed by atoms with van der Waals surface area (Å²) in [6.45, 7) is 11.4. The third-order valence-electron chi connectivity index (χ3n) is 4.43. The molecular formula is C15H27NO5S4. The maximum Gasteiger partial charge on any atom is 0.375 e. The highest BCUT2D eigenvalue weighted by Crippen LogP contribution is 2.51. The van der Waals surface area contributed by atoms with Gasteiger partial charge in [-0.1, -0.05) is 49.3 Å². The zero-order valence-corrected chi connectivity index (χ0v) is 18.2. The molecule has 1 aliphatic heterocycles. The van der Waals surface area contributed by atoms with Crippen molar-refractivity contribution < 1.29 is 24.5 Å². The zero-order chi connectivity index (χ0) is 19.0. The van der Waals surface area contributed by atoms with E-state index in [4.69, 9.17) is 9.84 Å². The Morgan fingerprint density at radius 1 is 1.04 bits per heavy atom. The molecule has 0 aromatic rings. The van der Waals surface area contributed by atoms with Gasteiger partial charge in [0.15, 0.2) is 0 Å². The van der Waals surface area contributed by atoms with Crippen molar-refractivity contribution in [2.75, 3.05) is 32.1 Å². The first-order chi connectivity index (χ1) is 11.7. The Balaban J connectivity index is 3.13. The van der Waals surface area contributed by atoms with E-state index in [-0.39, 0.29) is 22.6 Å². The molecule has 6 nitrogen and oxygen atoms in total. The molecule has 1 unspecified atom stereocenters. The van der Waals surface area contributed by atoms with Crippen LogP contribution < -0.4 is 0 Å². The Bertz CT molecular complexity index is 436. The first-order valence-corrected chi connectivity index (χ1v) is 12.6. The van der Waals surface area contributed by atoms with E-state index >= 15 is 0 Å². The number of ether oxygens (including phenoxy) is 1. The van der Waals surface area contributed by atoms with Crippen molar-refractivity contribution in [3.63, 3.8) is 0 Å². The minimum atomic E-state index is -0.905. The van der Waals surface area contributed by atoms with Gasteiger partial charge in [-0.25, -0.2) is 9.59 Å². The molecule has 25 heavy (non-hydrogen) atoms. The lowest BCUT2D eigenvalue weighted by Gasteiger charge is -2.51. The van der Waals surface area contributed by atoms with Crippen LogP contribution in [0.4, 0.5) is 9.59 Å². The van der Waals surface area contributed by atoms with E-state index in [1.54, 1.807) is 0 Å². The van der Waals surface area contributed by atoms with Crippen LogP contribution in [-0.2, 0) is 4.74 Å². The molecule has 0 radical (unpaired) electrons. The van der Waals surface area contributed by atoms with Gasteiger partial charge in [0.1, 0.15) is 0 Å². The number of hydrogen-bond donors (Lipinski definition) is 2. The smallest absolute Gasteiger partial charge is 0.375 e. The number of carbonyl (C=O) groups is 2. The number of hydrogen-bond acceptors (Lipinski definition) is 8. The zero-order valence-electron chi connectivity index (χ0n) is 15.0. The van der Waals surface area contributed by atoms with Gasteiger partial charge in [-0.05, 0) is 11.8 Å². The summed E-state index contributed by atoms with van der Waals surface area (Å²) in [7, 11) is 4.44. The molecule has 0 saturated carbocycles. The molecule has 0 bridgehead atoms. The van der Waals surface area contributed by atoms with Crippen LogP contribution in [0, 0.1) is 11.8 Å². The molecule has 0 aromatic heterocycles. The van der Waals surface area contributed by atoms with E-state index in [2.05, 4.69) is 32.6 Å². The molecule has 1 aliphatic rings. The van der Waals surface area contributed by atoms with Crippen molar-refractivity contribution in [3.05, 3.63) is 0 Å². The Labute approximate surface area is 165 Å². The molecule has 146 valence electrons. The van der Waals surface area contributed by atoms with Gasteiger partial charge < -0.3 is 14.9 Å². The second-order valence-corrected chi connectivity index (χ2v) is 11.1. The van der Waals surface area contributed by atoms with E-state index in [0.29, 0.717) is 19.0 Å². The lowest BCUT2D eigenvalue weighted by atomic mass is 9.78. The first kappa shape index (κ1) is 23.3. The van der Waals surface area contributed by atoms with Crippen LogP contribution in [0.3, 0.4) is 0 Å². The standard InChI is InChI=1S/C15H27NO5S4/c1-10(2)15(11(3)4,25-24-14(19)20)12(9-22-23-13(17)18)16-5-7-21-8-6-16/h10-12H,5-9H2,1-4H3,(H,17,18)(H,19,20). The lowest BCUT2D eigenvalue weighted by Crippen LogP contribution is -2.59. The highest BCUT2D eigenvalue weighted by molar-refractivity contribution is 8.82. The number of morpholine rings is 1. The highest BCUT2D eigenvalue weighted by Gasteiger charge is 2.48. The van der Waals surface area contributed by atoms with Crippen molar-refractivity contribution >= 4 is 53.8 Å². The van der Waals surface area contributed by atoms with Crippen LogP contribution in [0.2, 0.25) is 0 Å². The molecule has 0 amide bonds. The molecule has 0 aromatic carbocycles. The van der Waals surface area contributed by atoms with E-state index in [1.807, 2.05) is 0 Å². The quantitative estimate of drug-likeness (QED) is 0.495. The third kappa shape index (κ3) is 6.73. The van der Waals surface area contributed by atoms with Crippen LogP contribution in [-0.4, -0.2) is 68.6 Å². The minimum absolute atomic E-state index is 0.0603. The molecule has 1 heterocycles. The normalized spacial score (nSPS) is 17.8. The van der Waals surface area contributed by atoms with E-state index in [0.717, 1.165) is 34.7 Å². The van der Waals surface area contributed by atoms with Crippen molar-refractivity contribution in [2.45, 2.75) is 38.5 Å². The van der Waals surface area contributed by atoms with Crippen LogP contribution in [0.1, 0.15) is 27.7 Å².